The number of benzene rings is 1. The van der Waals surface area contributed by atoms with Gasteiger partial charge in [-0.1, -0.05) is 37.3 Å². The highest BCUT2D eigenvalue weighted by Crippen LogP contribution is 2.20. The third-order valence-electron chi connectivity index (χ3n) is 5.33. The molecule has 0 aliphatic carbocycles. The van der Waals surface area contributed by atoms with Crippen LogP contribution in [0.1, 0.15) is 45.6 Å². The number of carboxylic acid groups (broad SMARTS) is 1. The molecule has 1 fully saturated rings. The molecule has 0 radical (unpaired) electrons. The predicted molar refractivity (Wildman–Crippen MR) is 113 cm³/mol. The summed E-state index contributed by atoms with van der Waals surface area (Å²) in [5, 5.41) is 15.8. The highest BCUT2D eigenvalue weighted by molar-refractivity contribution is 5.87. The number of ether oxygens (including phenoxy) is 1. The lowest BCUT2D eigenvalue weighted by Crippen LogP contribution is -2.62. The first kappa shape index (κ1) is 23.8. The Hall–Kier alpha value is -2.45. The van der Waals surface area contributed by atoms with Crippen molar-refractivity contribution in [3.63, 3.8) is 0 Å². The lowest BCUT2D eigenvalue weighted by molar-refractivity contribution is -0.176. The van der Waals surface area contributed by atoms with E-state index in [1.165, 1.54) is 5.01 Å². The normalized spacial score (nSPS) is 19.2. The van der Waals surface area contributed by atoms with Crippen LogP contribution in [0.5, 0.6) is 0 Å². The van der Waals surface area contributed by atoms with E-state index in [1.54, 1.807) is 18.9 Å². The number of esters is 1. The molecule has 3 atom stereocenters. The Morgan fingerprint density at radius 2 is 1.93 bits per heavy atom. The van der Waals surface area contributed by atoms with Crippen LogP contribution in [0.2, 0.25) is 0 Å². The molecule has 8 nitrogen and oxygen atoms in total. The number of amides is 1. The van der Waals surface area contributed by atoms with Gasteiger partial charge in [-0.15, -0.1) is 0 Å². The van der Waals surface area contributed by atoms with Crippen LogP contribution < -0.4 is 5.32 Å². The van der Waals surface area contributed by atoms with Crippen LogP contribution in [0.15, 0.2) is 30.3 Å². The van der Waals surface area contributed by atoms with Gasteiger partial charge in [0, 0.05) is 13.1 Å². The topological polar surface area (TPSA) is 99.2 Å². The second kappa shape index (κ2) is 11.7. The Kier molecular flexibility index (Phi) is 9.26. The van der Waals surface area contributed by atoms with Crippen LogP contribution in [-0.2, 0) is 25.5 Å². The lowest BCUT2D eigenvalue weighted by Gasteiger charge is -2.43. The number of nitrogens with one attached hydrogen (secondary N) is 1. The van der Waals surface area contributed by atoms with Crippen molar-refractivity contribution in [3.05, 3.63) is 35.9 Å². The van der Waals surface area contributed by atoms with Crippen LogP contribution in [0.4, 0.5) is 0 Å². The van der Waals surface area contributed by atoms with E-state index in [4.69, 9.17) is 4.74 Å². The van der Waals surface area contributed by atoms with Crippen LogP contribution >= 0.6 is 0 Å². The quantitative estimate of drug-likeness (QED) is 0.558. The maximum atomic E-state index is 13.2. The van der Waals surface area contributed by atoms with Crippen molar-refractivity contribution in [1.82, 2.24) is 15.3 Å². The van der Waals surface area contributed by atoms with Crippen molar-refractivity contribution in [2.24, 2.45) is 0 Å². The van der Waals surface area contributed by atoms with Crippen LogP contribution in [-0.4, -0.2) is 70.8 Å². The van der Waals surface area contributed by atoms with E-state index in [2.05, 4.69) is 5.32 Å². The second-order valence-electron chi connectivity index (χ2n) is 7.44. The Balaban J connectivity index is 2.11. The molecular formula is C22H33N3O5. The van der Waals surface area contributed by atoms with Crippen LogP contribution in [0.3, 0.4) is 0 Å². The van der Waals surface area contributed by atoms with Gasteiger partial charge in [0.1, 0.15) is 12.1 Å². The molecule has 166 valence electrons. The molecule has 1 aromatic carbocycles. The molecule has 2 N–H and O–H groups in total. The van der Waals surface area contributed by atoms with E-state index in [0.717, 1.165) is 12.0 Å². The molecule has 0 bridgehead atoms. The molecule has 1 unspecified atom stereocenters. The third kappa shape index (κ3) is 6.27. The number of hydrazine groups is 1. The largest absolute Gasteiger partial charge is 0.480 e. The zero-order valence-corrected chi connectivity index (χ0v) is 18.0. The zero-order valence-electron chi connectivity index (χ0n) is 18.0. The Labute approximate surface area is 178 Å². The number of hydrogen-bond acceptors (Lipinski definition) is 6. The first-order valence-corrected chi connectivity index (χ1v) is 10.7. The fourth-order valence-corrected chi connectivity index (χ4v) is 3.77. The summed E-state index contributed by atoms with van der Waals surface area (Å²) in [6, 6.07) is 7.51. The average molecular weight is 420 g/mol. The van der Waals surface area contributed by atoms with Gasteiger partial charge in [0.15, 0.2) is 0 Å². The second-order valence-corrected chi connectivity index (χ2v) is 7.44. The van der Waals surface area contributed by atoms with Crippen LogP contribution in [0.25, 0.3) is 0 Å². The van der Waals surface area contributed by atoms with E-state index in [0.29, 0.717) is 32.4 Å². The molecule has 1 aliphatic rings. The van der Waals surface area contributed by atoms with Crippen molar-refractivity contribution in [1.29, 1.82) is 0 Å². The number of carboxylic acids is 1. The van der Waals surface area contributed by atoms with E-state index >= 15 is 0 Å². The smallest absolute Gasteiger partial charge is 0.328 e. The summed E-state index contributed by atoms with van der Waals surface area (Å²) in [5.74, 6) is -1.77. The van der Waals surface area contributed by atoms with Gasteiger partial charge >= 0.3 is 11.9 Å². The highest BCUT2D eigenvalue weighted by atomic mass is 16.5. The fraction of sp³-hybridized carbons (Fsp3) is 0.591. The average Bonchev–Trinajstić information content (AvgIpc) is 2.76. The molecule has 8 heteroatoms. The van der Waals surface area contributed by atoms with Gasteiger partial charge in [0.2, 0.25) is 0 Å². The monoisotopic (exact) mass is 419 g/mol. The zero-order chi connectivity index (χ0) is 22.1. The molecule has 0 saturated carbocycles. The first-order chi connectivity index (χ1) is 14.4. The number of rotatable bonds is 10. The first-order valence-electron chi connectivity index (χ1n) is 10.7. The van der Waals surface area contributed by atoms with E-state index in [1.807, 2.05) is 37.3 Å². The molecule has 30 heavy (non-hydrogen) atoms. The molecule has 1 heterocycles. The van der Waals surface area contributed by atoms with Gasteiger partial charge < -0.3 is 9.84 Å². The van der Waals surface area contributed by atoms with Gasteiger partial charge in [-0.25, -0.2) is 9.80 Å². The van der Waals surface area contributed by atoms with Gasteiger partial charge in [-0.3, -0.25) is 19.9 Å². The minimum Gasteiger partial charge on any atom is -0.480 e. The molecule has 1 saturated heterocycles. The van der Waals surface area contributed by atoms with Gasteiger partial charge in [-0.05, 0) is 45.1 Å². The number of aryl methyl sites for hydroxylation is 1. The molecule has 0 aromatic heterocycles. The summed E-state index contributed by atoms with van der Waals surface area (Å²) < 4.78 is 5.19. The fourth-order valence-electron chi connectivity index (χ4n) is 3.77. The van der Waals surface area contributed by atoms with Gasteiger partial charge in [0.25, 0.3) is 5.91 Å². The van der Waals surface area contributed by atoms with E-state index in [9.17, 15) is 19.5 Å². The molecule has 1 amide bonds. The van der Waals surface area contributed by atoms with Crippen molar-refractivity contribution in [2.45, 2.75) is 64.6 Å². The standard InChI is InChI=1S/C22H33N3O5/c1-4-24-15-9-12-19(21(27)28)25(24)20(26)16(3)23-18(22(29)30-5-2)14-13-17-10-7-6-8-11-17/h6-8,10-11,16,18-19,23H,4-5,9,12-15H2,1-3H3,(H,27,28)/t16-,18-,19?/m0/s1. The minimum atomic E-state index is -1.01. The number of hydrogen-bond donors (Lipinski definition) is 2. The minimum absolute atomic E-state index is 0.251. The molecule has 1 aromatic rings. The van der Waals surface area contributed by atoms with Crippen molar-refractivity contribution in [2.75, 3.05) is 19.7 Å². The number of nitrogens with zero attached hydrogens (tertiary/aromatic N) is 2. The molecular weight excluding hydrogens is 386 g/mol. The Morgan fingerprint density at radius 3 is 2.53 bits per heavy atom. The number of carbonyl (C=O) groups is 3. The van der Waals surface area contributed by atoms with Crippen molar-refractivity contribution >= 4 is 17.8 Å². The summed E-state index contributed by atoms with van der Waals surface area (Å²) >= 11 is 0. The SMILES string of the molecule is CCOC(=O)[C@H](CCc1ccccc1)N[C@@H](C)C(=O)N1C(C(=O)O)CCCN1CC. The summed E-state index contributed by atoms with van der Waals surface area (Å²) in [6.07, 6.45) is 2.26. The highest BCUT2D eigenvalue weighted by Gasteiger charge is 2.39. The maximum Gasteiger partial charge on any atom is 0.328 e. The summed E-state index contributed by atoms with van der Waals surface area (Å²) in [5.41, 5.74) is 1.09. The third-order valence-corrected chi connectivity index (χ3v) is 5.33. The number of aliphatic carboxylic acids is 1. The Morgan fingerprint density at radius 1 is 1.23 bits per heavy atom. The molecule has 0 spiro atoms. The van der Waals surface area contributed by atoms with Crippen molar-refractivity contribution in [3.8, 4) is 0 Å². The maximum absolute atomic E-state index is 13.2. The van der Waals surface area contributed by atoms with Gasteiger partial charge in [0.05, 0.1) is 12.6 Å². The lowest BCUT2D eigenvalue weighted by atomic mass is 10.0. The van der Waals surface area contributed by atoms with E-state index < -0.39 is 30.1 Å². The molecule has 2 rings (SSSR count). The van der Waals surface area contributed by atoms with E-state index in [-0.39, 0.29) is 12.5 Å². The predicted octanol–water partition coefficient (Wildman–Crippen LogP) is 1.84. The summed E-state index contributed by atoms with van der Waals surface area (Å²) in [7, 11) is 0. The summed E-state index contributed by atoms with van der Waals surface area (Å²) in [6.45, 7) is 6.72. The molecule has 1 aliphatic heterocycles. The number of carbonyl (C=O) groups excluding carboxylic acids is 2. The van der Waals surface area contributed by atoms with Crippen molar-refractivity contribution < 1.29 is 24.2 Å². The summed E-state index contributed by atoms with van der Waals surface area (Å²) in [4.78, 5) is 37.4. The van der Waals surface area contributed by atoms with Crippen LogP contribution in [0, 0.1) is 0 Å². The Bertz CT molecular complexity index is 712. The van der Waals surface area contributed by atoms with Gasteiger partial charge in [-0.2, -0.15) is 0 Å².